The molecule has 4 heteroatoms. The molecule has 102 valence electrons. The van der Waals surface area contributed by atoms with Crippen LogP contribution in [-0.2, 0) is 4.79 Å². The standard InChI is InChI=1S/C15H19NO3/c17-14(18)11-13(16-9-5-2-6-10-16)15(19)12-7-3-1-4-8-12/h1,3-4,7-8,13H,2,5-6,9-11H2,(H,17,18). The van der Waals surface area contributed by atoms with Crippen LogP contribution in [0.3, 0.4) is 0 Å². The summed E-state index contributed by atoms with van der Waals surface area (Å²) in [6, 6.07) is 8.44. The van der Waals surface area contributed by atoms with Crippen molar-refractivity contribution in [3.05, 3.63) is 35.9 Å². The Morgan fingerprint density at radius 1 is 1.11 bits per heavy atom. The number of likely N-dealkylation sites (tertiary alicyclic amines) is 1. The molecule has 1 N–H and O–H groups in total. The van der Waals surface area contributed by atoms with E-state index in [1.165, 1.54) is 0 Å². The first-order valence-corrected chi connectivity index (χ1v) is 6.73. The van der Waals surface area contributed by atoms with Gasteiger partial charge in [0.2, 0.25) is 0 Å². The normalized spacial score (nSPS) is 17.9. The molecule has 1 fully saturated rings. The van der Waals surface area contributed by atoms with E-state index < -0.39 is 12.0 Å². The number of piperidine rings is 1. The summed E-state index contributed by atoms with van der Waals surface area (Å²) < 4.78 is 0. The molecule has 1 aliphatic rings. The largest absolute Gasteiger partial charge is 0.481 e. The van der Waals surface area contributed by atoms with Gasteiger partial charge in [0.05, 0.1) is 12.5 Å². The van der Waals surface area contributed by atoms with Crippen molar-refractivity contribution in [2.24, 2.45) is 0 Å². The van der Waals surface area contributed by atoms with Crippen molar-refractivity contribution >= 4 is 11.8 Å². The third-order valence-corrected chi connectivity index (χ3v) is 3.56. The Morgan fingerprint density at radius 2 is 1.74 bits per heavy atom. The number of hydrogen-bond donors (Lipinski definition) is 1. The van der Waals surface area contributed by atoms with Crippen LogP contribution in [-0.4, -0.2) is 40.9 Å². The van der Waals surface area contributed by atoms with Crippen molar-refractivity contribution < 1.29 is 14.7 Å². The van der Waals surface area contributed by atoms with Crippen LogP contribution >= 0.6 is 0 Å². The Hall–Kier alpha value is -1.68. The number of carboxylic acids is 1. The summed E-state index contributed by atoms with van der Waals surface area (Å²) in [6.45, 7) is 1.63. The molecule has 0 spiro atoms. The lowest BCUT2D eigenvalue weighted by molar-refractivity contribution is -0.138. The number of rotatable bonds is 5. The van der Waals surface area contributed by atoms with Gasteiger partial charge < -0.3 is 5.11 Å². The number of nitrogens with zero attached hydrogens (tertiary/aromatic N) is 1. The number of benzene rings is 1. The van der Waals surface area contributed by atoms with Gasteiger partial charge in [0.25, 0.3) is 0 Å². The lowest BCUT2D eigenvalue weighted by Crippen LogP contribution is -2.45. The molecule has 1 unspecified atom stereocenters. The minimum Gasteiger partial charge on any atom is -0.481 e. The van der Waals surface area contributed by atoms with E-state index in [1.54, 1.807) is 24.3 Å². The Balaban J connectivity index is 2.16. The first-order valence-electron chi connectivity index (χ1n) is 6.73. The van der Waals surface area contributed by atoms with E-state index in [2.05, 4.69) is 0 Å². The molecular formula is C15H19NO3. The van der Waals surface area contributed by atoms with Crippen molar-refractivity contribution in [1.29, 1.82) is 0 Å². The topological polar surface area (TPSA) is 57.6 Å². The Kier molecular flexibility index (Phi) is 4.68. The number of carbonyl (C=O) groups is 2. The molecule has 1 heterocycles. The zero-order valence-electron chi connectivity index (χ0n) is 10.9. The number of carboxylic acid groups (broad SMARTS) is 1. The summed E-state index contributed by atoms with van der Waals surface area (Å²) in [6.07, 6.45) is 3.12. The second kappa shape index (κ2) is 6.48. The molecule has 1 atom stereocenters. The maximum absolute atomic E-state index is 12.5. The van der Waals surface area contributed by atoms with Gasteiger partial charge in [-0.1, -0.05) is 36.8 Å². The third kappa shape index (κ3) is 3.64. The summed E-state index contributed by atoms with van der Waals surface area (Å²) >= 11 is 0. The van der Waals surface area contributed by atoms with Gasteiger partial charge in [-0.25, -0.2) is 0 Å². The molecule has 0 aliphatic carbocycles. The van der Waals surface area contributed by atoms with E-state index >= 15 is 0 Å². The number of carbonyl (C=O) groups excluding carboxylic acids is 1. The monoisotopic (exact) mass is 261 g/mol. The number of Topliss-reactive ketones (excluding diaryl/α,β-unsaturated/α-hetero) is 1. The molecule has 0 radical (unpaired) electrons. The average molecular weight is 261 g/mol. The Labute approximate surface area is 113 Å². The molecule has 0 bridgehead atoms. The maximum Gasteiger partial charge on any atom is 0.305 e. The first-order chi connectivity index (χ1) is 9.18. The molecule has 0 aromatic heterocycles. The minimum absolute atomic E-state index is 0.0788. The van der Waals surface area contributed by atoms with E-state index in [-0.39, 0.29) is 12.2 Å². The van der Waals surface area contributed by atoms with E-state index in [1.807, 2.05) is 11.0 Å². The van der Waals surface area contributed by atoms with Gasteiger partial charge in [-0.2, -0.15) is 0 Å². The highest BCUT2D eigenvalue weighted by Crippen LogP contribution is 2.18. The van der Waals surface area contributed by atoms with E-state index in [0.717, 1.165) is 32.4 Å². The van der Waals surface area contributed by atoms with E-state index in [9.17, 15) is 9.59 Å². The fourth-order valence-electron chi connectivity index (χ4n) is 2.58. The van der Waals surface area contributed by atoms with Crippen LogP contribution in [0.5, 0.6) is 0 Å². The second-order valence-corrected chi connectivity index (χ2v) is 4.94. The maximum atomic E-state index is 12.5. The van der Waals surface area contributed by atoms with Crippen LogP contribution in [0.4, 0.5) is 0 Å². The van der Waals surface area contributed by atoms with Gasteiger partial charge >= 0.3 is 5.97 Å². The second-order valence-electron chi connectivity index (χ2n) is 4.94. The summed E-state index contributed by atoms with van der Waals surface area (Å²) in [5, 5.41) is 9.03. The van der Waals surface area contributed by atoms with Crippen molar-refractivity contribution in [3.8, 4) is 0 Å². The van der Waals surface area contributed by atoms with Crippen LogP contribution < -0.4 is 0 Å². The van der Waals surface area contributed by atoms with E-state index in [4.69, 9.17) is 5.11 Å². The minimum atomic E-state index is -0.917. The third-order valence-electron chi connectivity index (χ3n) is 3.56. The summed E-state index contributed by atoms with van der Waals surface area (Å²) in [5.41, 5.74) is 0.597. The molecule has 4 nitrogen and oxygen atoms in total. The van der Waals surface area contributed by atoms with Crippen molar-refractivity contribution in [2.75, 3.05) is 13.1 Å². The van der Waals surface area contributed by atoms with Crippen LogP contribution in [0.15, 0.2) is 30.3 Å². The van der Waals surface area contributed by atoms with Gasteiger partial charge in [0.15, 0.2) is 5.78 Å². The predicted molar refractivity (Wildman–Crippen MR) is 72.2 cm³/mol. The summed E-state index contributed by atoms with van der Waals surface area (Å²) in [7, 11) is 0. The molecule has 1 aliphatic heterocycles. The summed E-state index contributed by atoms with van der Waals surface area (Å²) in [5.74, 6) is -0.996. The van der Waals surface area contributed by atoms with Crippen LogP contribution in [0.1, 0.15) is 36.0 Å². The molecule has 0 saturated carbocycles. The van der Waals surface area contributed by atoms with Crippen molar-refractivity contribution in [1.82, 2.24) is 4.90 Å². The van der Waals surface area contributed by atoms with Crippen LogP contribution in [0, 0.1) is 0 Å². The zero-order chi connectivity index (χ0) is 13.7. The van der Waals surface area contributed by atoms with Gasteiger partial charge in [-0.15, -0.1) is 0 Å². The van der Waals surface area contributed by atoms with Crippen molar-refractivity contribution in [2.45, 2.75) is 31.7 Å². The highest BCUT2D eigenvalue weighted by atomic mass is 16.4. The Bertz CT molecular complexity index is 438. The van der Waals surface area contributed by atoms with Gasteiger partial charge in [-0.3, -0.25) is 14.5 Å². The Morgan fingerprint density at radius 3 is 2.32 bits per heavy atom. The predicted octanol–water partition coefficient (Wildman–Crippen LogP) is 2.20. The zero-order valence-corrected chi connectivity index (χ0v) is 10.9. The lowest BCUT2D eigenvalue weighted by Gasteiger charge is -2.32. The molecule has 2 rings (SSSR count). The van der Waals surface area contributed by atoms with Gasteiger partial charge in [-0.05, 0) is 25.9 Å². The average Bonchev–Trinajstić information content (AvgIpc) is 2.46. The van der Waals surface area contributed by atoms with Crippen LogP contribution in [0.25, 0.3) is 0 Å². The lowest BCUT2D eigenvalue weighted by atomic mass is 9.98. The molecule has 0 amide bonds. The summed E-state index contributed by atoms with van der Waals surface area (Å²) in [4.78, 5) is 25.5. The highest BCUT2D eigenvalue weighted by Gasteiger charge is 2.29. The van der Waals surface area contributed by atoms with Gasteiger partial charge in [0.1, 0.15) is 0 Å². The fraction of sp³-hybridized carbons (Fsp3) is 0.467. The molecule has 19 heavy (non-hydrogen) atoms. The number of aliphatic carboxylic acids is 1. The molecule has 1 aromatic carbocycles. The van der Waals surface area contributed by atoms with Gasteiger partial charge in [0, 0.05) is 5.56 Å². The SMILES string of the molecule is O=C(O)CC(C(=O)c1ccccc1)N1CCCCC1. The smallest absolute Gasteiger partial charge is 0.305 e. The molecular weight excluding hydrogens is 242 g/mol. The van der Waals surface area contributed by atoms with Crippen LogP contribution in [0.2, 0.25) is 0 Å². The van der Waals surface area contributed by atoms with E-state index in [0.29, 0.717) is 5.56 Å². The highest BCUT2D eigenvalue weighted by molar-refractivity contribution is 6.01. The fourth-order valence-corrected chi connectivity index (χ4v) is 2.58. The molecule has 1 aromatic rings. The number of hydrogen-bond acceptors (Lipinski definition) is 3. The number of ketones is 1. The van der Waals surface area contributed by atoms with Crippen molar-refractivity contribution in [3.63, 3.8) is 0 Å². The molecule has 1 saturated heterocycles. The first kappa shape index (κ1) is 13.7. The quantitative estimate of drug-likeness (QED) is 0.825.